The standard InChI is InChI=1S/C12H16N6/c1-3-8-9(4-2)16-17-12(10(8)11(13)14)18-7-5-6-15-18/h5-7H,3-4H2,1-2H3,(H3,13,14). The van der Waals surface area contributed by atoms with Gasteiger partial charge in [0.05, 0.1) is 11.3 Å². The van der Waals surface area contributed by atoms with Gasteiger partial charge in [0.15, 0.2) is 5.82 Å². The Morgan fingerprint density at radius 2 is 2.11 bits per heavy atom. The number of nitrogens with two attached hydrogens (primary N) is 1. The molecule has 0 atom stereocenters. The molecule has 6 heteroatoms. The predicted octanol–water partition coefficient (Wildman–Crippen LogP) is 1.07. The number of nitrogen functional groups attached to an aromatic ring is 1. The summed E-state index contributed by atoms with van der Waals surface area (Å²) in [6.45, 7) is 4.04. The monoisotopic (exact) mass is 244 g/mol. The van der Waals surface area contributed by atoms with Crippen LogP contribution in [-0.2, 0) is 12.8 Å². The highest BCUT2D eigenvalue weighted by Gasteiger charge is 2.18. The number of aromatic nitrogens is 4. The van der Waals surface area contributed by atoms with E-state index in [0.717, 1.165) is 24.1 Å². The van der Waals surface area contributed by atoms with Crippen molar-refractivity contribution in [3.8, 4) is 5.82 Å². The van der Waals surface area contributed by atoms with Crippen molar-refractivity contribution >= 4 is 5.84 Å². The van der Waals surface area contributed by atoms with E-state index in [9.17, 15) is 0 Å². The Hall–Kier alpha value is -2.24. The number of amidine groups is 1. The van der Waals surface area contributed by atoms with Crippen LogP contribution in [0.2, 0.25) is 0 Å². The molecule has 94 valence electrons. The first kappa shape index (κ1) is 12.2. The summed E-state index contributed by atoms with van der Waals surface area (Å²) in [5.41, 5.74) is 8.19. The van der Waals surface area contributed by atoms with Crippen LogP contribution in [0.15, 0.2) is 18.5 Å². The number of nitrogens with one attached hydrogen (secondary N) is 1. The van der Waals surface area contributed by atoms with Gasteiger partial charge in [-0.3, -0.25) is 5.41 Å². The van der Waals surface area contributed by atoms with Crippen molar-refractivity contribution < 1.29 is 0 Å². The lowest BCUT2D eigenvalue weighted by molar-refractivity contribution is 0.779. The third-order valence-electron chi connectivity index (χ3n) is 2.82. The van der Waals surface area contributed by atoms with Gasteiger partial charge in [-0.25, -0.2) is 4.68 Å². The van der Waals surface area contributed by atoms with Crippen molar-refractivity contribution in [3.05, 3.63) is 35.3 Å². The Kier molecular flexibility index (Phi) is 3.36. The van der Waals surface area contributed by atoms with E-state index >= 15 is 0 Å². The molecule has 2 rings (SSSR count). The van der Waals surface area contributed by atoms with Crippen LogP contribution in [0, 0.1) is 5.41 Å². The molecule has 0 saturated heterocycles. The molecule has 2 aromatic rings. The van der Waals surface area contributed by atoms with E-state index in [1.807, 2.05) is 13.8 Å². The van der Waals surface area contributed by atoms with E-state index in [0.29, 0.717) is 11.4 Å². The smallest absolute Gasteiger partial charge is 0.186 e. The summed E-state index contributed by atoms with van der Waals surface area (Å²) in [7, 11) is 0. The van der Waals surface area contributed by atoms with Gasteiger partial charge in [0.2, 0.25) is 0 Å². The predicted molar refractivity (Wildman–Crippen MR) is 68.9 cm³/mol. The molecule has 0 amide bonds. The van der Waals surface area contributed by atoms with E-state index in [1.54, 1.807) is 23.1 Å². The molecule has 0 fully saturated rings. The van der Waals surface area contributed by atoms with E-state index < -0.39 is 0 Å². The van der Waals surface area contributed by atoms with Gasteiger partial charge in [-0.2, -0.15) is 10.2 Å². The first-order valence-corrected chi connectivity index (χ1v) is 5.91. The number of rotatable bonds is 4. The lowest BCUT2D eigenvalue weighted by Crippen LogP contribution is -2.21. The summed E-state index contributed by atoms with van der Waals surface area (Å²) in [5, 5.41) is 20.2. The van der Waals surface area contributed by atoms with Gasteiger partial charge in [0, 0.05) is 12.4 Å². The van der Waals surface area contributed by atoms with E-state index in [1.165, 1.54) is 0 Å². The summed E-state index contributed by atoms with van der Waals surface area (Å²) < 4.78 is 1.59. The molecule has 3 N–H and O–H groups in total. The van der Waals surface area contributed by atoms with Crippen molar-refractivity contribution in [2.45, 2.75) is 26.7 Å². The van der Waals surface area contributed by atoms with E-state index in [2.05, 4.69) is 15.3 Å². The molecule has 0 aliphatic rings. The molecule has 0 spiro atoms. The average molecular weight is 244 g/mol. The van der Waals surface area contributed by atoms with Gasteiger partial charge in [0.1, 0.15) is 5.84 Å². The summed E-state index contributed by atoms with van der Waals surface area (Å²) in [4.78, 5) is 0. The van der Waals surface area contributed by atoms with Crippen LogP contribution in [0.25, 0.3) is 5.82 Å². The summed E-state index contributed by atoms with van der Waals surface area (Å²) in [5.74, 6) is 0.517. The highest BCUT2D eigenvalue weighted by molar-refractivity contribution is 5.99. The number of hydrogen-bond donors (Lipinski definition) is 2. The molecule has 0 aromatic carbocycles. The third-order valence-corrected chi connectivity index (χ3v) is 2.82. The fourth-order valence-electron chi connectivity index (χ4n) is 2.00. The second-order valence-corrected chi connectivity index (χ2v) is 3.90. The quantitative estimate of drug-likeness (QED) is 0.621. The Labute approximate surface area is 105 Å². The Bertz CT molecular complexity index is 558. The molecule has 0 unspecified atom stereocenters. The molecule has 6 nitrogen and oxygen atoms in total. The Morgan fingerprint density at radius 3 is 2.61 bits per heavy atom. The molecule has 18 heavy (non-hydrogen) atoms. The molecule has 2 heterocycles. The van der Waals surface area contributed by atoms with Gasteiger partial charge >= 0.3 is 0 Å². The molecule has 0 aliphatic carbocycles. The molecule has 0 bridgehead atoms. The second-order valence-electron chi connectivity index (χ2n) is 3.90. The molecule has 0 radical (unpaired) electrons. The number of aryl methyl sites for hydroxylation is 1. The van der Waals surface area contributed by atoms with Gasteiger partial charge < -0.3 is 5.73 Å². The maximum Gasteiger partial charge on any atom is 0.186 e. The van der Waals surface area contributed by atoms with Crippen LogP contribution >= 0.6 is 0 Å². The van der Waals surface area contributed by atoms with Crippen LogP contribution in [0.4, 0.5) is 0 Å². The summed E-state index contributed by atoms with van der Waals surface area (Å²) >= 11 is 0. The summed E-state index contributed by atoms with van der Waals surface area (Å²) in [6, 6.07) is 1.80. The van der Waals surface area contributed by atoms with Crippen molar-refractivity contribution in [2.75, 3.05) is 0 Å². The van der Waals surface area contributed by atoms with Gasteiger partial charge in [-0.15, -0.1) is 5.10 Å². The minimum atomic E-state index is 0.00181. The van der Waals surface area contributed by atoms with Gasteiger partial charge in [-0.05, 0) is 24.5 Å². The third kappa shape index (κ3) is 1.97. The SMILES string of the molecule is CCc1nnc(-n2cccn2)c(C(=N)N)c1CC. The fourth-order valence-corrected chi connectivity index (χ4v) is 2.00. The molecule has 2 aromatic heterocycles. The highest BCUT2D eigenvalue weighted by atomic mass is 15.3. The van der Waals surface area contributed by atoms with Crippen LogP contribution in [0.3, 0.4) is 0 Å². The number of hydrogen-bond acceptors (Lipinski definition) is 4. The first-order chi connectivity index (χ1) is 8.69. The molecular formula is C12H16N6. The minimum Gasteiger partial charge on any atom is -0.384 e. The Balaban J connectivity index is 2.71. The molecule has 0 aliphatic heterocycles. The number of nitrogens with zero attached hydrogens (tertiary/aromatic N) is 4. The van der Waals surface area contributed by atoms with E-state index in [-0.39, 0.29) is 5.84 Å². The lowest BCUT2D eigenvalue weighted by Gasteiger charge is -2.13. The van der Waals surface area contributed by atoms with Crippen LogP contribution < -0.4 is 5.73 Å². The largest absolute Gasteiger partial charge is 0.384 e. The zero-order valence-corrected chi connectivity index (χ0v) is 10.5. The van der Waals surface area contributed by atoms with Crippen LogP contribution in [0.5, 0.6) is 0 Å². The van der Waals surface area contributed by atoms with Gasteiger partial charge in [0.25, 0.3) is 0 Å². The summed E-state index contributed by atoms with van der Waals surface area (Å²) in [6.07, 6.45) is 4.96. The van der Waals surface area contributed by atoms with Crippen LogP contribution in [-0.4, -0.2) is 25.8 Å². The zero-order chi connectivity index (χ0) is 13.1. The van der Waals surface area contributed by atoms with Crippen LogP contribution in [0.1, 0.15) is 30.7 Å². The van der Waals surface area contributed by atoms with Crippen molar-refractivity contribution in [1.29, 1.82) is 5.41 Å². The molecular weight excluding hydrogens is 228 g/mol. The first-order valence-electron chi connectivity index (χ1n) is 5.91. The van der Waals surface area contributed by atoms with Crippen molar-refractivity contribution in [1.82, 2.24) is 20.0 Å². The zero-order valence-electron chi connectivity index (χ0n) is 10.5. The topological polar surface area (TPSA) is 93.5 Å². The highest BCUT2D eigenvalue weighted by Crippen LogP contribution is 2.19. The van der Waals surface area contributed by atoms with Crippen molar-refractivity contribution in [3.63, 3.8) is 0 Å². The lowest BCUT2D eigenvalue weighted by atomic mass is 10.0. The van der Waals surface area contributed by atoms with Crippen molar-refractivity contribution in [2.24, 2.45) is 5.73 Å². The average Bonchev–Trinajstić information content (AvgIpc) is 2.90. The maximum absolute atomic E-state index is 7.76. The normalized spacial score (nSPS) is 10.6. The fraction of sp³-hybridized carbons (Fsp3) is 0.333. The van der Waals surface area contributed by atoms with Gasteiger partial charge in [-0.1, -0.05) is 13.8 Å². The van der Waals surface area contributed by atoms with E-state index in [4.69, 9.17) is 11.1 Å². The molecule has 0 saturated carbocycles. The second kappa shape index (κ2) is 4.95. The Morgan fingerprint density at radius 1 is 1.33 bits per heavy atom. The minimum absolute atomic E-state index is 0.00181. The maximum atomic E-state index is 7.76.